The van der Waals surface area contributed by atoms with Crippen LogP contribution in [-0.4, -0.2) is 58.1 Å². The van der Waals surface area contributed by atoms with Crippen LogP contribution in [-0.2, 0) is 0 Å². The molecule has 0 bridgehead atoms. The van der Waals surface area contributed by atoms with Gasteiger partial charge in [0.2, 0.25) is 5.88 Å². The normalized spacial score (nSPS) is 11.3. The minimum Gasteiger partial charge on any atom is -0.492 e. The summed E-state index contributed by atoms with van der Waals surface area (Å²) < 4.78 is 16.8. The second-order valence-electron chi connectivity index (χ2n) is 7.93. The molecule has 0 aliphatic heterocycles. The number of nitrogens with zero attached hydrogens (tertiary/aromatic N) is 3. The predicted octanol–water partition coefficient (Wildman–Crippen LogP) is 5.29. The number of amides is 1. The zero-order valence-corrected chi connectivity index (χ0v) is 19.6. The number of benzene rings is 1. The molecule has 2 heterocycles. The molecule has 0 saturated carbocycles. The first kappa shape index (κ1) is 23.5. The molecule has 3 aromatic rings. The number of aromatic nitrogens is 2. The highest BCUT2D eigenvalue weighted by Crippen LogP contribution is 2.35. The van der Waals surface area contributed by atoms with Crippen LogP contribution >= 0.6 is 11.8 Å². The summed E-state index contributed by atoms with van der Waals surface area (Å²) in [5, 5.41) is 9.94. The van der Waals surface area contributed by atoms with Gasteiger partial charge >= 0.3 is 6.09 Å². The average molecular weight is 458 g/mol. The number of methoxy groups -OCH3 is 1. The van der Waals surface area contributed by atoms with E-state index in [9.17, 15) is 9.90 Å². The van der Waals surface area contributed by atoms with E-state index < -0.39 is 11.6 Å². The van der Waals surface area contributed by atoms with E-state index in [4.69, 9.17) is 13.9 Å². The smallest absolute Gasteiger partial charge is 0.407 e. The van der Waals surface area contributed by atoms with Crippen molar-refractivity contribution < 1.29 is 23.8 Å². The average Bonchev–Trinajstić information content (AvgIpc) is 3.20. The van der Waals surface area contributed by atoms with Crippen molar-refractivity contribution in [3.05, 3.63) is 42.6 Å². The van der Waals surface area contributed by atoms with Gasteiger partial charge in [-0.05, 0) is 57.4 Å². The Morgan fingerprint density at radius 3 is 2.38 bits per heavy atom. The summed E-state index contributed by atoms with van der Waals surface area (Å²) in [6, 6.07) is 11.1. The number of rotatable bonds is 8. The number of carboxylic acid groups (broad SMARTS) is 1. The Morgan fingerprint density at radius 1 is 1.16 bits per heavy atom. The van der Waals surface area contributed by atoms with Crippen molar-refractivity contribution in [2.45, 2.75) is 31.5 Å². The van der Waals surface area contributed by atoms with Crippen LogP contribution in [0.4, 0.5) is 4.79 Å². The molecule has 0 radical (unpaired) electrons. The van der Waals surface area contributed by atoms with Crippen LogP contribution in [0, 0.1) is 0 Å². The van der Waals surface area contributed by atoms with Crippen molar-refractivity contribution in [1.29, 1.82) is 0 Å². The lowest BCUT2D eigenvalue weighted by atomic mass is 10.1. The van der Waals surface area contributed by atoms with Crippen LogP contribution in [0.3, 0.4) is 0 Å². The van der Waals surface area contributed by atoms with Gasteiger partial charge in [0.1, 0.15) is 18.1 Å². The zero-order valence-electron chi connectivity index (χ0n) is 18.8. The molecule has 1 N–H and O–H groups in total. The van der Waals surface area contributed by atoms with E-state index in [0.29, 0.717) is 28.3 Å². The predicted molar refractivity (Wildman–Crippen MR) is 123 cm³/mol. The Morgan fingerprint density at radius 2 is 1.84 bits per heavy atom. The molecular formula is C23H27N3O5S. The minimum atomic E-state index is -0.966. The molecule has 0 aliphatic carbocycles. The molecule has 3 rings (SSSR count). The van der Waals surface area contributed by atoms with Crippen LogP contribution in [0.1, 0.15) is 20.8 Å². The van der Waals surface area contributed by atoms with Gasteiger partial charge < -0.3 is 23.9 Å². The highest BCUT2D eigenvalue weighted by Gasteiger charge is 2.25. The van der Waals surface area contributed by atoms with E-state index in [1.54, 1.807) is 19.4 Å². The molecule has 0 atom stereocenters. The number of oxazole rings is 1. The first-order valence-electron chi connectivity index (χ1n) is 10.0. The summed E-state index contributed by atoms with van der Waals surface area (Å²) in [5.74, 6) is 1.81. The van der Waals surface area contributed by atoms with E-state index in [1.807, 2.05) is 57.4 Å². The Balaban J connectivity index is 1.76. The number of pyridine rings is 1. The maximum atomic E-state index is 11.4. The maximum Gasteiger partial charge on any atom is 0.407 e. The largest absolute Gasteiger partial charge is 0.492 e. The first-order chi connectivity index (χ1) is 15.2. The first-order valence-corrected chi connectivity index (χ1v) is 11.2. The third-order valence-electron chi connectivity index (χ3n) is 4.74. The van der Waals surface area contributed by atoms with Crippen LogP contribution in [0.25, 0.3) is 22.6 Å². The Hall–Kier alpha value is -3.20. The second kappa shape index (κ2) is 9.95. The van der Waals surface area contributed by atoms with Gasteiger partial charge in [0.15, 0.2) is 5.76 Å². The molecule has 0 fully saturated rings. The van der Waals surface area contributed by atoms with E-state index in [1.165, 1.54) is 16.7 Å². The molecule has 1 amide bonds. The molecule has 9 heteroatoms. The quantitative estimate of drug-likeness (QED) is 0.456. The summed E-state index contributed by atoms with van der Waals surface area (Å²) >= 11 is 1.42. The van der Waals surface area contributed by atoms with Crippen LogP contribution in [0.15, 0.2) is 52.2 Å². The maximum absolute atomic E-state index is 11.4. The van der Waals surface area contributed by atoms with Gasteiger partial charge in [0.05, 0.1) is 13.7 Å². The molecule has 170 valence electrons. The molecule has 1 aromatic carbocycles. The van der Waals surface area contributed by atoms with Crippen LogP contribution in [0.2, 0.25) is 0 Å². The lowest BCUT2D eigenvalue weighted by Gasteiger charge is -2.32. The monoisotopic (exact) mass is 457 g/mol. The number of carbonyl (C=O) groups is 1. The number of thioether (sulfide) groups is 1. The molecule has 0 saturated heterocycles. The second-order valence-corrected chi connectivity index (χ2v) is 8.69. The molecule has 2 aromatic heterocycles. The van der Waals surface area contributed by atoms with Crippen molar-refractivity contribution in [2.24, 2.45) is 0 Å². The molecule has 8 nitrogen and oxygen atoms in total. The summed E-state index contributed by atoms with van der Waals surface area (Å²) in [7, 11) is 1.57. The molecule has 32 heavy (non-hydrogen) atoms. The van der Waals surface area contributed by atoms with Gasteiger partial charge in [-0.15, -0.1) is 0 Å². The van der Waals surface area contributed by atoms with Gasteiger partial charge in [-0.2, -0.15) is 0 Å². The number of hydrogen-bond acceptors (Lipinski definition) is 7. The van der Waals surface area contributed by atoms with Gasteiger partial charge in [0, 0.05) is 28.9 Å². The zero-order chi connectivity index (χ0) is 23.3. The van der Waals surface area contributed by atoms with Gasteiger partial charge in [-0.3, -0.25) is 0 Å². The van der Waals surface area contributed by atoms with Gasteiger partial charge in [0.25, 0.3) is 5.22 Å². The third kappa shape index (κ3) is 5.53. The Bertz CT molecular complexity index is 1040. The van der Waals surface area contributed by atoms with Gasteiger partial charge in [-0.1, -0.05) is 11.8 Å². The van der Waals surface area contributed by atoms with Crippen LogP contribution < -0.4 is 9.47 Å². The van der Waals surface area contributed by atoms with Crippen LogP contribution in [0.5, 0.6) is 11.6 Å². The third-order valence-corrected chi connectivity index (χ3v) is 5.27. The lowest BCUT2D eigenvalue weighted by Crippen LogP contribution is -2.46. The summed E-state index contributed by atoms with van der Waals surface area (Å²) in [6.45, 7) is 6.09. The van der Waals surface area contributed by atoms with E-state index in [-0.39, 0.29) is 13.2 Å². The van der Waals surface area contributed by atoms with Crippen molar-refractivity contribution in [1.82, 2.24) is 14.9 Å². The van der Waals surface area contributed by atoms with E-state index in [2.05, 4.69) is 9.97 Å². The molecular weight excluding hydrogens is 430 g/mol. The van der Waals surface area contributed by atoms with Crippen molar-refractivity contribution >= 4 is 17.9 Å². The topological polar surface area (TPSA) is 97.9 Å². The molecule has 0 spiro atoms. The SMILES string of the molecule is COc1ccc(-c2nc(SC)oc2-c2ccc(OCCN(C(=O)O)C(C)(C)C)cc2)cn1. The summed E-state index contributed by atoms with van der Waals surface area (Å²) in [4.78, 5) is 21.6. The lowest BCUT2D eigenvalue weighted by molar-refractivity contribution is 0.0892. The van der Waals surface area contributed by atoms with Crippen molar-refractivity contribution in [3.63, 3.8) is 0 Å². The van der Waals surface area contributed by atoms with Crippen molar-refractivity contribution in [3.8, 4) is 34.2 Å². The fraction of sp³-hybridized carbons (Fsp3) is 0.348. The fourth-order valence-corrected chi connectivity index (χ4v) is 3.44. The number of ether oxygens (including phenoxy) is 2. The van der Waals surface area contributed by atoms with E-state index in [0.717, 1.165) is 11.1 Å². The van der Waals surface area contributed by atoms with Gasteiger partial charge in [-0.25, -0.2) is 14.8 Å². The minimum absolute atomic E-state index is 0.255. The summed E-state index contributed by atoms with van der Waals surface area (Å²) in [5.41, 5.74) is 1.87. The van der Waals surface area contributed by atoms with E-state index >= 15 is 0 Å². The highest BCUT2D eigenvalue weighted by atomic mass is 32.2. The fourth-order valence-electron chi connectivity index (χ4n) is 3.10. The number of hydrogen-bond donors (Lipinski definition) is 1. The Kier molecular flexibility index (Phi) is 7.29. The standard InChI is InChI=1S/C23H27N3O5S/c1-23(2,3)26(22(27)28)12-13-30-17-9-6-15(7-10-17)20-19(25-21(31-20)32-5)16-8-11-18(29-4)24-14-16/h6-11,14H,12-13H2,1-5H3,(H,27,28). The molecule has 0 aliphatic rings. The Labute approximate surface area is 191 Å². The highest BCUT2D eigenvalue weighted by molar-refractivity contribution is 7.98. The summed E-state index contributed by atoms with van der Waals surface area (Å²) in [6.07, 6.45) is 2.64. The molecule has 0 unspecified atom stereocenters. The van der Waals surface area contributed by atoms with Crippen molar-refractivity contribution in [2.75, 3.05) is 26.5 Å².